The molecule has 0 aromatic heterocycles. The minimum atomic E-state index is -1.06. The monoisotopic (exact) mass is 440 g/mol. The third-order valence-corrected chi connectivity index (χ3v) is 5.45. The first-order valence-corrected chi connectivity index (χ1v) is 10.7. The van der Waals surface area contributed by atoms with Gasteiger partial charge >= 0.3 is 12.1 Å². The van der Waals surface area contributed by atoms with E-state index < -0.39 is 5.79 Å². The van der Waals surface area contributed by atoms with Crippen LogP contribution in [0.4, 0.5) is 21.0 Å². The predicted octanol–water partition coefficient (Wildman–Crippen LogP) is 3.21. The summed E-state index contributed by atoms with van der Waals surface area (Å²) in [6, 6.07) is 16.0. The van der Waals surface area contributed by atoms with Crippen molar-refractivity contribution in [2.24, 2.45) is 0 Å². The van der Waals surface area contributed by atoms with Gasteiger partial charge in [-0.05, 0) is 30.7 Å². The number of para-hydroxylation sites is 1. The Morgan fingerprint density at radius 1 is 0.875 bits per heavy atom. The van der Waals surface area contributed by atoms with E-state index >= 15 is 0 Å². The summed E-state index contributed by atoms with van der Waals surface area (Å²) in [5.74, 6) is -0.400. The first-order valence-electron chi connectivity index (χ1n) is 10.7. The largest absolute Gasteiger partial charge is 0.497 e. The molecule has 9 heteroatoms. The minimum absolute atomic E-state index is 0.220. The number of urea groups is 2. The van der Waals surface area contributed by atoms with Gasteiger partial charge in [-0.15, -0.1) is 0 Å². The van der Waals surface area contributed by atoms with Crippen molar-refractivity contribution >= 4 is 23.4 Å². The molecule has 2 heterocycles. The first-order chi connectivity index (χ1) is 15.6. The van der Waals surface area contributed by atoms with Crippen molar-refractivity contribution in [3.63, 3.8) is 0 Å². The van der Waals surface area contributed by atoms with Gasteiger partial charge in [0.05, 0.1) is 33.4 Å². The van der Waals surface area contributed by atoms with E-state index in [0.717, 1.165) is 5.69 Å². The Bertz CT molecular complexity index is 941. The molecular formula is C23H28N4O5. The number of ether oxygens (including phenoxy) is 3. The van der Waals surface area contributed by atoms with Crippen LogP contribution >= 0.6 is 0 Å². The lowest BCUT2D eigenvalue weighted by Gasteiger charge is -2.42. The van der Waals surface area contributed by atoms with Gasteiger partial charge in [-0.2, -0.15) is 0 Å². The summed E-state index contributed by atoms with van der Waals surface area (Å²) in [4.78, 5) is 29.1. The smallest absolute Gasteiger partial charge is 0.322 e. The summed E-state index contributed by atoms with van der Waals surface area (Å²) >= 11 is 0. The lowest BCUT2D eigenvalue weighted by atomic mass is 10.2. The zero-order valence-corrected chi connectivity index (χ0v) is 18.1. The van der Waals surface area contributed by atoms with E-state index in [1.54, 1.807) is 29.0 Å². The van der Waals surface area contributed by atoms with Gasteiger partial charge in [0.25, 0.3) is 0 Å². The number of hydrogen-bond donors (Lipinski definition) is 2. The molecule has 1 spiro atoms. The molecule has 0 aliphatic carbocycles. The fourth-order valence-corrected chi connectivity index (χ4v) is 3.84. The lowest BCUT2D eigenvalue weighted by Crippen LogP contribution is -2.60. The van der Waals surface area contributed by atoms with Crippen molar-refractivity contribution in [2.45, 2.75) is 12.2 Å². The summed E-state index contributed by atoms with van der Waals surface area (Å²) in [7, 11) is 1.58. The molecule has 2 N–H and O–H groups in total. The van der Waals surface area contributed by atoms with E-state index in [2.05, 4.69) is 10.6 Å². The number of morpholine rings is 1. The number of rotatable bonds is 3. The Balaban J connectivity index is 1.42. The third-order valence-electron chi connectivity index (χ3n) is 5.45. The van der Waals surface area contributed by atoms with Crippen LogP contribution in [0, 0.1) is 0 Å². The second-order valence-corrected chi connectivity index (χ2v) is 7.76. The second kappa shape index (κ2) is 9.88. The van der Waals surface area contributed by atoms with Gasteiger partial charge in [-0.3, -0.25) is 0 Å². The van der Waals surface area contributed by atoms with Crippen molar-refractivity contribution in [1.29, 1.82) is 0 Å². The predicted molar refractivity (Wildman–Crippen MR) is 120 cm³/mol. The quantitative estimate of drug-likeness (QED) is 0.765. The zero-order valence-electron chi connectivity index (χ0n) is 18.1. The standard InChI is InChI=1S/C23H28N4O5/c1-30-20-10-5-9-19(15-20)25-22(29)27-12-14-32-23(17-27)16-26(11-6-13-31-23)21(28)24-18-7-3-2-4-8-18/h2-5,7-10,15H,6,11-14,16-17H2,1H3,(H,24,28)(H,25,29). The number of anilines is 2. The van der Waals surface area contributed by atoms with Crippen LogP contribution in [-0.2, 0) is 9.47 Å². The van der Waals surface area contributed by atoms with E-state index in [1.807, 2.05) is 42.5 Å². The van der Waals surface area contributed by atoms with Gasteiger partial charge in [-0.1, -0.05) is 24.3 Å². The second-order valence-electron chi connectivity index (χ2n) is 7.76. The van der Waals surface area contributed by atoms with Crippen molar-refractivity contribution in [3.8, 4) is 5.75 Å². The molecule has 2 aromatic rings. The van der Waals surface area contributed by atoms with E-state index in [0.29, 0.717) is 44.2 Å². The first kappa shape index (κ1) is 21.9. The number of nitrogens with one attached hydrogen (secondary N) is 2. The zero-order chi connectivity index (χ0) is 22.4. The lowest BCUT2D eigenvalue weighted by molar-refractivity contribution is -0.258. The summed E-state index contributed by atoms with van der Waals surface area (Å²) in [6.07, 6.45) is 0.684. The normalized spacial score (nSPS) is 21.0. The van der Waals surface area contributed by atoms with Crippen LogP contribution in [-0.4, -0.2) is 74.2 Å². The molecule has 32 heavy (non-hydrogen) atoms. The summed E-state index contributed by atoms with van der Waals surface area (Å²) < 4.78 is 17.3. The Morgan fingerprint density at radius 2 is 1.53 bits per heavy atom. The summed E-state index contributed by atoms with van der Waals surface area (Å²) in [5, 5.41) is 5.80. The molecule has 2 aliphatic heterocycles. The Hall–Kier alpha value is -3.30. The molecule has 9 nitrogen and oxygen atoms in total. The van der Waals surface area contributed by atoms with Crippen LogP contribution in [0.5, 0.6) is 5.75 Å². The van der Waals surface area contributed by atoms with Crippen molar-refractivity contribution in [3.05, 3.63) is 54.6 Å². The number of hydrogen-bond acceptors (Lipinski definition) is 5. The molecule has 0 saturated carbocycles. The maximum absolute atomic E-state index is 12.9. The number of amides is 4. The number of carbonyl (C=O) groups is 2. The topological polar surface area (TPSA) is 92.4 Å². The minimum Gasteiger partial charge on any atom is -0.497 e. The summed E-state index contributed by atoms with van der Waals surface area (Å²) in [6.45, 7) is 2.18. The van der Waals surface area contributed by atoms with E-state index in [4.69, 9.17) is 14.2 Å². The Morgan fingerprint density at radius 3 is 2.28 bits per heavy atom. The number of carbonyl (C=O) groups excluding carboxylic acids is 2. The van der Waals surface area contributed by atoms with Crippen LogP contribution in [0.3, 0.4) is 0 Å². The van der Waals surface area contributed by atoms with Crippen molar-refractivity contribution in [1.82, 2.24) is 9.80 Å². The molecule has 4 rings (SSSR count). The molecule has 1 atom stereocenters. The van der Waals surface area contributed by atoms with E-state index in [-0.39, 0.29) is 25.2 Å². The SMILES string of the molecule is COc1cccc(NC(=O)N2CCOC3(CN(C(=O)Nc4ccccc4)CCCO3)C2)c1. The van der Waals surface area contributed by atoms with Gasteiger partial charge in [0.1, 0.15) is 5.75 Å². The maximum atomic E-state index is 12.9. The molecule has 2 aromatic carbocycles. The van der Waals surface area contributed by atoms with E-state index in [1.165, 1.54) is 0 Å². The molecule has 0 bridgehead atoms. The van der Waals surface area contributed by atoms with Gasteiger partial charge in [0, 0.05) is 30.5 Å². The molecule has 0 radical (unpaired) electrons. The highest BCUT2D eigenvalue weighted by molar-refractivity contribution is 5.90. The van der Waals surface area contributed by atoms with Crippen LogP contribution < -0.4 is 15.4 Å². The van der Waals surface area contributed by atoms with Gasteiger partial charge < -0.3 is 34.6 Å². The molecule has 4 amide bonds. The number of nitrogens with zero attached hydrogens (tertiary/aromatic N) is 2. The van der Waals surface area contributed by atoms with Crippen LogP contribution in [0.25, 0.3) is 0 Å². The fourth-order valence-electron chi connectivity index (χ4n) is 3.84. The van der Waals surface area contributed by atoms with Gasteiger partial charge in [0.2, 0.25) is 5.79 Å². The highest BCUT2D eigenvalue weighted by Gasteiger charge is 2.43. The summed E-state index contributed by atoms with van der Waals surface area (Å²) in [5.41, 5.74) is 1.36. The fraction of sp³-hybridized carbons (Fsp3) is 0.391. The van der Waals surface area contributed by atoms with Gasteiger partial charge in [0.15, 0.2) is 0 Å². The maximum Gasteiger partial charge on any atom is 0.322 e. The van der Waals surface area contributed by atoms with Gasteiger partial charge in [-0.25, -0.2) is 9.59 Å². The highest BCUT2D eigenvalue weighted by Crippen LogP contribution is 2.26. The van der Waals surface area contributed by atoms with Crippen molar-refractivity contribution < 1.29 is 23.8 Å². The third kappa shape index (κ3) is 5.30. The Labute approximate surface area is 187 Å². The number of methoxy groups -OCH3 is 1. The van der Waals surface area contributed by atoms with Crippen LogP contribution in [0.1, 0.15) is 6.42 Å². The molecule has 2 saturated heterocycles. The van der Waals surface area contributed by atoms with Crippen LogP contribution in [0.2, 0.25) is 0 Å². The van der Waals surface area contributed by atoms with E-state index in [9.17, 15) is 9.59 Å². The molecule has 2 fully saturated rings. The average Bonchev–Trinajstić information content (AvgIpc) is 3.02. The van der Waals surface area contributed by atoms with Crippen LogP contribution in [0.15, 0.2) is 54.6 Å². The average molecular weight is 441 g/mol. The molecule has 2 aliphatic rings. The number of benzene rings is 2. The Kier molecular flexibility index (Phi) is 6.77. The van der Waals surface area contributed by atoms with Crippen molar-refractivity contribution in [2.75, 3.05) is 57.1 Å². The molecule has 170 valence electrons. The molecule has 1 unspecified atom stereocenters. The highest BCUT2D eigenvalue weighted by atomic mass is 16.7. The molecular weight excluding hydrogens is 412 g/mol.